The molecule has 0 spiro atoms. The number of hydrogen-bond donors (Lipinski definition) is 1. The third-order valence-corrected chi connectivity index (χ3v) is 7.31. The van der Waals surface area contributed by atoms with Crippen LogP contribution < -0.4 is 14.4 Å². The Hall–Kier alpha value is -3.56. The number of carbonyl (C=O) groups excluding carboxylic acids is 2. The molecule has 1 heterocycles. The van der Waals surface area contributed by atoms with E-state index in [-0.39, 0.29) is 16.1 Å². The number of anilines is 2. The number of amides is 1. The molecular formula is C22H19F7N2O6S. The number of hydrogen-bond acceptors (Lipinski definition) is 6. The number of alkyl halides is 5. The van der Waals surface area contributed by atoms with Gasteiger partial charge in [-0.3, -0.25) is 14.4 Å². The normalized spacial score (nSPS) is 16.4. The van der Waals surface area contributed by atoms with Crippen molar-refractivity contribution >= 4 is 33.3 Å². The molecule has 2 aromatic carbocycles. The van der Waals surface area contributed by atoms with Crippen molar-refractivity contribution in [3.63, 3.8) is 0 Å². The highest BCUT2D eigenvalue weighted by atomic mass is 32.2. The summed E-state index contributed by atoms with van der Waals surface area (Å²) in [5.74, 6) is -9.40. The molecule has 0 saturated heterocycles. The van der Waals surface area contributed by atoms with E-state index in [4.69, 9.17) is 9.47 Å². The average Bonchev–Trinajstić information content (AvgIpc) is 2.77. The molecule has 0 fully saturated rings. The van der Waals surface area contributed by atoms with Gasteiger partial charge in [0.25, 0.3) is 21.7 Å². The minimum absolute atomic E-state index is 0.265. The maximum absolute atomic E-state index is 13.8. The minimum atomic E-state index is -5.40. The molecule has 0 bridgehead atoms. The first kappa shape index (κ1) is 29.0. The predicted molar refractivity (Wildman–Crippen MR) is 118 cm³/mol. The summed E-state index contributed by atoms with van der Waals surface area (Å²) in [4.78, 5) is 23.2. The molecule has 1 amide bonds. The lowest BCUT2D eigenvalue weighted by atomic mass is 10.0. The second-order valence-electron chi connectivity index (χ2n) is 8.68. The summed E-state index contributed by atoms with van der Waals surface area (Å²) < 4.78 is 130. The highest BCUT2D eigenvalue weighted by Gasteiger charge is 2.49. The van der Waals surface area contributed by atoms with Crippen molar-refractivity contribution in [3.05, 3.63) is 48.0 Å². The van der Waals surface area contributed by atoms with Crippen molar-refractivity contribution < 1.29 is 58.2 Å². The van der Waals surface area contributed by atoms with Crippen LogP contribution >= 0.6 is 0 Å². The lowest BCUT2D eigenvalue weighted by Crippen LogP contribution is -2.50. The van der Waals surface area contributed by atoms with E-state index in [1.54, 1.807) is 0 Å². The molecule has 1 unspecified atom stereocenters. The molecule has 8 nitrogen and oxygen atoms in total. The SMILES string of the molecule is CC(F)(F)C(C)(C)OC(=O)Nc1ccc2c(c1)N(S(=O)(=O)c1ccc(F)c(F)c1)CC(C(=O)C(F)(F)F)O2. The lowest BCUT2D eigenvalue weighted by Gasteiger charge is -2.35. The van der Waals surface area contributed by atoms with Crippen LogP contribution in [0.25, 0.3) is 0 Å². The molecule has 3 rings (SSSR count). The zero-order valence-corrected chi connectivity index (χ0v) is 20.5. The number of ether oxygens (including phenoxy) is 2. The maximum atomic E-state index is 13.8. The number of sulfonamides is 1. The molecular weight excluding hydrogens is 553 g/mol. The van der Waals surface area contributed by atoms with Gasteiger partial charge >= 0.3 is 12.3 Å². The topological polar surface area (TPSA) is 102 Å². The van der Waals surface area contributed by atoms with Crippen LogP contribution in [-0.2, 0) is 19.6 Å². The van der Waals surface area contributed by atoms with Crippen molar-refractivity contribution in [2.24, 2.45) is 0 Å². The summed E-state index contributed by atoms with van der Waals surface area (Å²) in [7, 11) is -4.94. The Morgan fingerprint density at radius 1 is 1.00 bits per heavy atom. The Morgan fingerprint density at radius 3 is 2.18 bits per heavy atom. The van der Waals surface area contributed by atoms with Crippen LogP contribution in [-0.4, -0.2) is 50.6 Å². The van der Waals surface area contributed by atoms with Gasteiger partial charge < -0.3 is 9.47 Å². The van der Waals surface area contributed by atoms with Gasteiger partial charge in [0.15, 0.2) is 23.3 Å². The van der Waals surface area contributed by atoms with Crippen molar-refractivity contribution in [3.8, 4) is 5.75 Å². The molecule has 16 heteroatoms. The third-order valence-electron chi connectivity index (χ3n) is 5.53. The van der Waals surface area contributed by atoms with E-state index in [1.165, 1.54) is 0 Å². The molecule has 1 aliphatic rings. The first-order chi connectivity index (χ1) is 17.2. The highest BCUT2D eigenvalue weighted by Crippen LogP contribution is 2.40. The summed E-state index contributed by atoms with van der Waals surface area (Å²) >= 11 is 0. The summed E-state index contributed by atoms with van der Waals surface area (Å²) in [6.07, 6.45) is -9.15. The molecule has 1 N–H and O–H groups in total. The van der Waals surface area contributed by atoms with E-state index >= 15 is 0 Å². The smallest absolute Gasteiger partial charge is 0.454 e. The predicted octanol–water partition coefficient (Wildman–Crippen LogP) is 5.03. The molecule has 0 radical (unpaired) electrons. The van der Waals surface area contributed by atoms with Gasteiger partial charge in [-0.2, -0.15) is 13.2 Å². The number of nitrogens with zero attached hydrogens (tertiary/aromatic N) is 1. The molecule has 1 atom stereocenters. The minimum Gasteiger partial charge on any atom is -0.478 e. The van der Waals surface area contributed by atoms with Crippen molar-refractivity contribution in [2.45, 2.75) is 49.5 Å². The van der Waals surface area contributed by atoms with Crippen LogP contribution in [0.3, 0.4) is 0 Å². The quantitative estimate of drug-likeness (QED) is 0.487. The highest BCUT2D eigenvalue weighted by molar-refractivity contribution is 7.92. The number of halogens is 7. The number of fused-ring (bicyclic) bond motifs is 1. The lowest BCUT2D eigenvalue weighted by molar-refractivity contribution is -0.178. The first-order valence-electron chi connectivity index (χ1n) is 10.5. The average molecular weight is 572 g/mol. The van der Waals surface area contributed by atoms with Crippen LogP contribution in [0.2, 0.25) is 0 Å². The van der Waals surface area contributed by atoms with Gasteiger partial charge in [0, 0.05) is 12.6 Å². The van der Waals surface area contributed by atoms with Gasteiger partial charge in [-0.1, -0.05) is 0 Å². The van der Waals surface area contributed by atoms with E-state index in [1.807, 2.05) is 0 Å². The number of ketones is 1. The number of rotatable bonds is 6. The zero-order chi connectivity index (χ0) is 28.8. The van der Waals surface area contributed by atoms with Gasteiger partial charge in [-0.05, 0) is 50.2 Å². The fraction of sp³-hybridized carbons (Fsp3) is 0.364. The number of nitrogens with one attached hydrogen (secondary N) is 1. The zero-order valence-electron chi connectivity index (χ0n) is 19.7. The van der Waals surface area contributed by atoms with Crippen LogP contribution in [0.1, 0.15) is 20.8 Å². The van der Waals surface area contributed by atoms with Gasteiger partial charge in [-0.15, -0.1) is 0 Å². The Morgan fingerprint density at radius 2 is 1.63 bits per heavy atom. The van der Waals surface area contributed by atoms with Crippen molar-refractivity contribution in [1.29, 1.82) is 0 Å². The Balaban J connectivity index is 2.04. The van der Waals surface area contributed by atoms with E-state index in [9.17, 15) is 48.7 Å². The van der Waals surface area contributed by atoms with Crippen LogP contribution in [0.4, 0.5) is 46.9 Å². The molecule has 1 aliphatic heterocycles. The monoisotopic (exact) mass is 572 g/mol. The Kier molecular flexibility index (Phi) is 7.35. The molecule has 208 valence electrons. The van der Waals surface area contributed by atoms with Gasteiger partial charge in [0.2, 0.25) is 0 Å². The molecule has 0 aromatic heterocycles. The van der Waals surface area contributed by atoms with Crippen molar-refractivity contribution in [1.82, 2.24) is 0 Å². The summed E-state index contributed by atoms with van der Waals surface area (Å²) in [6, 6.07) is 4.22. The van der Waals surface area contributed by atoms with Gasteiger partial charge in [0.05, 0.1) is 17.1 Å². The second-order valence-corrected chi connectivity index (χ2v) is 10.5. The van der Waals surface area contributed by atoms with Gasteiger partial charge in [0.1, 0.15) is 5.75 Å². The molecule has 2 aromatic rings. The van der Waals surface area contributed by atoms with E-state index in [0.717, 1.165) is 32.0 Å². The molecule has 0 aliphatic carbocycles. The Labute approximate surface area is 211 Å². The van der Waals surface area contributed by atoms with E-state index < -0.39 is 80.2 Å². The fourth-order valence-corrected chi connectivity index (χ4v) is 4.59. The first-order valence-corrected chi connectivity index (χ1v) is 12.0. The number of Topliss-reactive ketones (excluding diaryl/α,β-unsaturated/α-hetero) is 1. The fourth-order valence-electron chi connectivity index (χ4n) is 3.11. The molecule has 0 saturated carbocycles. The van der Waals surface area contributed by atoms with Crippen LogP contribution in [0.5, 0.6) is 5.75 Å². The Bertz CT molecular complexity index is 1370. The second kappa shape index (κ2) is 9.63. The van der Waals surface area contributed by atoms with Crippen molar-refractivity contribution in [2.75, 3.05) is 16.2 Å². The molecule has 38 heavy (non-hydrogen) atoms. The van der Waals surface area contributed by atoms with Gasteiger partial charge in [-0.25, -0.2) is 30.8 Å². The van der Waals surface area contributed by atoms with E-state index in [2.05, 4.69) is 5.32 Å². The van der Waals surface area contributed by atoms with E-state index in [0.29, 0.717) is 19.1 Å². The summed E-state index contributed by atoms with van der Waals surface area (Å²) in [5, 5.41) is 2.08. The third kappa shape index (κ3) is 5.79. The number of benzene rings is 2. The maximum Gasteiger partial charge on any atom is 0.454 e. The van der Waals surface area contributed by atoms with Crippen LogP contribution in [0, 0.1) is 11.6 Å². The number of carbonyl (C=O) groups is 2. The standard InChI is InChI=1S/C22H19F7N2O6S/c1-20(2,21(3,25)26)37-19(33)30-11-4-7-16-15(8-11)31(10-17(36-16)18(32)22(27,28)29)38(34,35)12-5-6-13(23)14(24)9-12/h4-9,17H,10H2,1-3H3,(H,30,33). The van der Waals surface area contributed by atoms with Crippen LogP contribution in [0.15, 0.2) is 41.3 Å². The summed E-state index contributed by atoms with van der Waals surface area (Å²) in [6.45, 7) is 1.15. The largest absolute Gasteiger partial charge is 0.478 e. The summed E-state index contributed by atoms with van der Waals surface area (Å²) in [5.41, 5.74) is -3.03.